The molecule has 0 aliphatic rings. The Morgan fingerprint density at radius 2 is 1.94 bits per heavy atom. The molecule has 0 aliphatic carbocycles. The van der Waals surface area contributed by atoms with E-state index in [1.165, 1.54) is 18.2 Å². The first-order valence-electron chi connectivity index (χ1n) is 4.78. The Morgan fingerprint density at radius 1 is 1.24 bits per heavy atom. The molecular weight excluding hydrogens is 233 g/mol. The topological polar surface area (TPSA) is 48.1 Å². The molecule has 1 heterocycles. The Bertz CT molecular complexity index is 566. The van der Waals surface area contributed by atoms with E-state index in [0.717, 1.165) is 0 Å². The van der Waals surface area contributed by atoms with Gasteiger partial charge < -0.3 is 10.5 Å². The SMILES string of the molecule is Cc1cc(N)c2ccc(OC(F)(F)F)cc2n1. The lowest BCUT2D eigenvalue weighted by atomic mass is 10.1. The number of nitrogens with two attached hydrogens (primary N) is 1. The molecule has 6 heteroatoms. The number of aromatic nitrogens is 1. The molecule has 2 aromatic rings. The van der Waals surface area contributed by atoms with Crippen LogP contribution in [0, 0.1) is 6.92 Å². The van der Waals surface area contributed by atoms with Crippen LogP contribution in [0.2, 0.25) is 0 Å². The molecule has 0 fully saturated rings. The summed E-state index contributed by atoms with van der Waals surface area (Å²) in [6, 6.07) is 5.54. The van der Waals surface area contributed by atoms with Crippen molar-refractivity contribution in [3.05, 3.63) is 30.0 Å². The zero-order chi connectivity index (χ0) is 12.6. The molecule has 2 N–H and O–H groups in total. The monoisotopic (exact) mass is 242 g/mol. The van der Waals surface area contributed by atoms with Crippen molar-refractivity contribution in [1.29, 1.82) is 0 Å². The highest BCUT2D eigenvalue weighted by Crippen LogP contribution is 2.28. The lowest BCUT2D eigenvalue weighted by molar-refractivity contribution is -0.274. The Hall–Kier alpha value is -1.98. The van der Waals surface area contributed by atoms with Crippen LogP contribution in [0.3, 0.4) is 0 Å². The van der Waals surface area contributed by atoms with Gasteiger partial charge in [-0.2, -0.15) is 0 Å². The third kappa shape index (κ3) is 2.58. The number of hydrogen-bond acceptors (Lipinski definition) is 3. The van der Waals surface area contributed by atoms with E-state index >= 15 is 0 Å². The summed E-state index contributed by atoms with van der Waals surface area (Å²) in [5.41, 5.74) is 7.23. The molecule has 0 saturated heterocycles. The predicted octanol–water partition coefficient (Wildman–Crippen LogP) is 3.02. The summed E-state index contributed by atoms with van der Waals surface area (Å²) in [5.74, 6) is -0.303. The van der Waals surface area contributed by atoms with Gasteiger partial charge in [0.2, 0.25) is 0 Å². The Kier molecular flexibility index (Phi) is 2.57. The number of aryl methyl sites for hydroxylation is 1. The van der Waals surface area contributed by atoms with E-state index in [2.05, 4.69) is 9.72 Å². The Labute approximate surface area is 95.0 Å². The molecule has 0 radical (unpaired) electrons. The van der Waals surface area contributed by atoms with Gasteiger partial charge in [0.05, 0.1) is 5.52 Å². The highest BCUT2D eigenvalue weighted by atomic mass is 19.4. The molecule has 0 aliphatic heterocycles. The van der Waals surface area contributed by atoms with Crippen molar-refractivity contribution >= 4 is 16.6 Å². The quantitative estimate of drug-likeness (QED) is 0.836. The maximum atomic E-state index is 12.0. The second kappa shape index (κ2) is 3.80. The highest BCUT2D eigenvalue weighted by Gasteiger charge is 2.31. The zero-order valence-electron chi connectivity index (χ0n) is 8.88. The molecule has 1 aromatic carbocycles. The van der Waals surface area contributed by atoms with Crippen molar-refractivity contribution in [2.24, 2.45) is 0 Å². The first kappa shape index (κ1) is 11.5. The van der Waals surface area contributed by atoms with Crippen molar-refractivity contribution in [3.8, 4) is 5.75 Å². The largest absolute Gasteiger partial charge is 0.573 e. The number of halogens is 3. The van der Waals surface area contributed by atoms with Crippen LogP contribution < -0.4 is 10.5 Å². The van der Waals surface area contributed by atoms with Crippen LogP contribution in [0.5, 0.6) is 5.75 Å². The number of pyridine rings is 1. The molecular formula is C11H9F3N2O. The highest BCUT2D eigenvalue weighted by molar-refractivity contribution is 5.91. The number of hydrogen-bond donors (Lipinski definition) is 1. The second-order valence-corrected chi connectivity index (χ2v) is 3.58. The number of alkyl halides is 3. The van der Waals surface area contributed by atoms with Crippen LogP contribution >= 0.6 is 0 Å². The molecule has 2 rings (SSSR count). The van der Waals surface area contributed by atoms with Gasteiger partial charge in [-0.1, -0.05) is 0 Å². The van der Waals surface area contributed by atoms with E-state index in [0.29, 0.717) is 22.3 Å². The van der Waals surface area contributed by atoms with Gasteiger partial charge in [0.25, 0.3) is 0 Å². The van der Waals surface area contributed by atoms with Crippen LogP contribution in [0.1, 0.15) is 5.69 Å². The van der Waals surface area contributed by atoms with Gasteiger partial charge in [0.15, 0.2) is 0 Å². The standard InChI is InChI=1S/C11H9F3N2O/c1-6-4-9(15)8-3-2-7(5-10(8)16-6)17-11(12,13)14/h2-5H,1H3,(H2,15,16). The lowest BCUT2D eigenvalue weighted by Crippen LogP contribution is -2.17. The molecule has 3 nitrogen and oxygen atoms in total. The van der Waals surface area contributed by atoms with Crippen molar-refractivity contribution in [2.75, 3.05) is 5.73 Å². The third-order valence-electron chi connectivity index (χ3n) is 2.17. The third-order valence-corrected chi connectivity index (χ3v) is 2.17. The second-order valence-electron chi connectivity index (χ2n) is 3.58. The average molecular weight is 242 g/mol. The van der Waals surface area contributed by atoms with Crippen LogP contribution in [0.15, 0.2) is 24.3 Å². The molecule has 0 saturated carbocycles. The number of benzene rings is 1. The lowest BCUT2D eigenvalue weighted by Gasteiger charge is -2.10. The summed E-state index contributed by atoms with van der Waals surface area (Å²) >= 11 is 0. The van der Waals surface area contributed by atoms with E-state index in [9.17, 15) is 13.2 Å². The zero-order valence-corrected chi connectivity index (χ0v) is 8.88. The summed E-state index contributed by atoms with van der Waals surface area (Å²) in [6.07, 6.45) is -4.71. The molecule has 0 atom stereocenters. The van der Waals surface area contributed by atoms with E-state index in [1.807, 2.05) is 0 Å². The van der Waals surface area contributed by atoms with Gasteiger partial charge in [-0.05, 0) is 25.1 Å². The summed E-state index contributed by atoms with van der Waals surface area (Å²) in [6.45, 7) is 1.72. The number of ether oxygens (including phenoxy) is 1. The van der Waals surface area contributed by atoms with E-state index in [1.54, 1.807) is 13.0 Å². The molecule has 0 amide bonds. The van der Waals surface area contributed by atoms with Crippen molar-refractivity contribution in [1.82, 2.24) is 4.98 Å². The predicted molar refractivity (Wildman–Crippen MR) is 57.6 cm³/mol. The molecule has 0 bridgehead atoms. The number of fused-ring (bicyclic) bond motifs is 1. The number of nitrogens with zero attached hydrogens (tertiary/aromatic N) is 1. The van der Waals surface area contributed by atoms with Gasteiger partial charge in [-0.25, -0.2) is 0 Å². The summed E-state index contributed by atoms with van der Waals surface area (Å²) in [7, 11) is 0. The van der Waals surface area contributed by atoms with Gasteiger partial charge in [0.1, 0.15) is 5.75 Å². The van der Waals surface area contributed by atoms with Gasteiger partial charge in [-0.3, -0.25) is 4.98 Å². The fourth-order valence-corrected chi connectivity index (χ4v) is 1.57. The van der Waals surface area contributed by atoms with Crippen LogP contribution in [0.25, 0.3) is 10.9 Å². The average Bonchev–Trinajstić information content (AvgIpc) is 2.13. The fraction of sp³-hybridized carbons (Fsp3) is 0.182. The van der Waals surface area contributed by atoms with E-state index in [4.69, 9.17) is 5.73 Å². The van der Waals surface area contributed by atoms with Gasteiger partial charge in [0, 0.05) is 22.8 Å². The number of rotatable bonds is 1. The normalized spacial score (nSPS) is 11.8. The first-order chi connectivity index (χ1) is 7.85. The Balaban J connectivity index is 2.50. The summed E-state index contributed by atoms with van der Waals surface area (Å²) < 4.78 is 39.9. The van der Waals surface area contributed by atoms with Crippen molar-refractivity contribution in [3.63, 3.8) is 0 Å². The maximum Gasteiger partial charge on any atom is 0.573 e. The smallest absolute Gasteiger partial charge is 0.406 e. The van der Waals surface area contributed by atoms with Crippen molar-refractivity contribution < 1.29 is 17.9 Å². The molecule has 17 heavy (non-hydrogen) atoms. The molecule has 90 valence electrons. The molecule has 1 aromatic heterocycles. The van der Waals surface area contributed by atoms with Gasteiger partial charge >= 0.3 is 6.36 Å². The van der Waals surface area contributed by atoms with Crippen molar-refractivity contribution in [2.45, 2.75) is 13.3 Å². The van der Waals surface area contributed by atoms with E-state index in [-0.39, 0.29) is 5.75 Å². The van der Waals surface area contributed by atoms with Crippen LogP contribution in [-0.2, 0) is 0 Å². The number of nitrogen functional groups attached to an aromatic ring is 1. The minimum Gasteiger partial charge on any atom is -0.406 e. The molecule has 0 unspecified atom stereocenters. The summed E-state index contributed by atoms with van der Waals surface area (Å²) in [4.78, 5) is 4.10. The van der Waals surface area contributed by atoms with Gasteiger partial charge in [-0.15, -0.1) is 13.2 Å². The first-order valence-corrected chi connectivity index (χ1v) is 4.78. The summed E-state index contributed by atoms with van der Waals surface area (Å²) in [5, 5.41) is 0.602. The van der Waals surface area contributed by atoms with E-state index < -0.39 is 6.36 Å². The minimum absolute atomic E-state index is 0.303. The minimum atomic E-state index is -4.71. The Morgan fingerprint density at radius 3 is 2.59 bits per heavy atom. The maximum absolute atomic E-state index is 12.0. The number of anilines is 1. The van der Waals surface area contributed by atoms with Crippen LogP contribution in [0.4, 0.5) is 18.9 Å². The van der Waals surface area contributed by atoms with Crippen LogP contribution in [-0.4, -0.2) is 11.3 Å². The molecule has 0 spiro atoms. The fourth-order valence-electron chi connectivity index (χ4n) is 1.57.